The van der Waals surface area contributed by atoms with Crippen LogP contribution in [0.15, 0.2) is 18.2 Å². The minimum absolute atomic E-state index is 0.0367. The molecule has 116 valence electrons. The van der Waals surface area contributed by atoms with Crippen molar-refractivity contribution in [1.82, 2.24) is 15.5 Å². The fourth-order valence-corrected chi connectivity index (χ4v) is 2.92. The number of halogens is 2. The third-order valence-electron chi connectivity index (χ3n) is 3.58. The molecule has 0 aliphatic carbocycles. The summed E-state index contributed by atoms with van der Waals surface area (Å²) in [5.41, 5.74) is 0.695. The van der Waals surface area contributed by atoms with E-state index in [0.717, 1.165) is 39.1 Å². The van der Waals surface area contributed by atoms with Crippen LogP contribution in [0, 0.1) is 0 Å². The van der Waals surface area contributed by atoms with Crippen molar-refractivity contribution in [2.45, 2.75) is 12.8 Å². The molecule has 6 heteroatoms. The molecule has 0 atom stereocenters. The van der Waals surface area contributed by atoms with Gasteiger partial charge in [-0.1, -0.05) is 29.3 Å². The lowest BCUT2D eigenvalue weighted by molar-refractivity contribution is -0.120. The summed E-state index contributed by atoms with van der Waals surface area (Å²) in [7, 11) is 0. The Morgan fingerprint density at radius 1 is 1.24 bits per heavy atom. The van der Waals surface area contributed by atoms with E-state index in [-0.39, 0.29) is 12.3 Å². The van der Waals surface area contributed by atoms with Gasteiger partial charge in [-0.25, -0.2) is 0 Å². The van der Waals surface area contributed by atoms with Crippen LogP contribution in [0.5, 0.6) is 0 Å². The fourth-order valence-electron chi connectivity index (χ4n) is 2.39. The Labute approximate surface area is 135 Å². The molecule has 0 radical (unpaired) electrons. The molecule has 0 saturated carbocycles. The van der Waals surface area contributed by atoms with Crippen LogP contribution in [0.4, 0.5) is 0 Å². The number of nitrogens with zero attached hydrogens (tertiary/aromatic N) is 1. The van der Waals surface area contributed by atoms with Crippen LogP contribution in [-0.4, -0.2) is 50.1 Å². The van der Waals surface area contributed by atoms with Crippen LogP contribution in [-0.2, 0) is 11.2 Å². The summed E-state index contributed by atoms with van der Waals surface area (Å²) in [4.78, 5) is 14.3. The third-order valence-corrected chi connectivity index (χ3v) is 4.29. The van der Waals surface area contributed by atoms with E-state index in [4.69, 9.17) is 23.2 Å². The molecule has 1 aliphatic heterocycles. The SMILES string of the molecule is O=C(Cc1c(Cl)cccc1Cl)NCCCN1CCNCC1. The monoisotopic (exact) mass is 329 g/mol. The number of nitrogens with one attached hydrogen (secondary N) is 2. The third kappa shape index (κ3) is 5.47. The molecule has 0 aromatic heterocycles. The normalized spacial score (nSPS) is 15.9. The zero-order chi connectivity index (χ0) is 15.1. The van der Waals surface area contributed by atoms with Crippen molar-refractivity contribution >= 4 is 29.1 Å². The lowest BCUT2D eigenvalue weighted by Crippen LogP contribution is -2.44. The summed E-state index contributed by atoms with van der Waals surface area (Å²) in [6.45, 7) is 5.99. The van der Waals surface area contributed by atoms with Crippen molar-refractivity contribution in [1.29, 1.82) is 0 Å². The van der Waals surface area contributed by atoms with Gasteiger partial charge in [-0.3, -0.25) is 4.79 Å². The molecule has 1 amide bonds. The van der Waals surface area contributed by atoms with Crippen LogP contribution in [0.3, 0.4) is 0 Å². The number of benzene rings is 1. The van der Waals surface area contributed by atoms with Crippen LogP contribution in [0.25, 0.3) is 0 Å². The standard InChI is InChI=1S/C15H21Cl2N3O/c16-13-3-1-4-14(17)12(13)11-15(21)19-5-2-8-20-9-6-18-7-10-20/h1,3-4,18H,2,5-11H2,(H,19,21). The molecular weight excluding hydrogens is 309 g/mol. The van der Waals surface area contributed by atoms with Gasteiger partial charge in [-0.15, -0.1) is 0 Å². The molecule has 0 spiro atoms. The Kier molecular flexibility index (Phi) is 6.77. The molecule has 1 aliphatic rings. The fraction of sp³-hybridized carbons (Fsp3) is 0.533. The average molecular weight is 330 g/mol. The van der Waals surface area contributed by atoms with E-state index in [1.807, 2.05) is 0 Å². The minimum atomic E-state index is -0.0367. The maximum atomic E-state index is 11.9. The van der Waals surface area contributed by atoms with E-state index < -0.39 is 0 Å². The number of hydrogen-bond donors (Lipinski definition) is 2. The van der Waals surface area contributed by atoms with Gasteiger partial charge in [-0.2, -0.15) is 0 Å². The van der Waals surface area contributed by atoms with Gasteiger partial charge >= 0.3 is 0 Å². The van der Waals surface area contributed by atoms with Crippen LogP contribution in [0.1, 0.15) is 12.0 Å². The topological polar surface area (TPSA) is 44.4 Å². The number of amides is 1. The Hall–Kier alpha value is -0.810. The lowest BCUT2D eigenvalue weighted by Gasteiger charge is -2.27. The Balaban J connectivity index is 1.67. The molecule has 1 fully saturated rings. The smallest absolute Gasteiger partial charge is 0.224 e. The predicted molar refractivity (Wildman–Crippen MR) is 87.1 cm³/mol. The molecule has 2 N–H and O–H groups in total. The van der Waals surface area contributed by atoms with Gasteiger partial charge in [0.05, 0.1) is 6.42 Å². The van der Waals surface area contributed by atoms with Crippen LogP contribution in [0.2, 0.25) is 10.0 Å². The highest BCUT2D eigenvalue weighted by Gasteiger charge is 2.11. The van der Waals surface area contributed by atoms with E-state index >= 15 is 0 Å². The summed E-state index contributed by atoms with van der Waals surface area (Å²) in [6.07, 6.45) is 1.19. The number of piperazine rings is 1. The van der Waals surface area contributed by atoms with Crippen molar-refractivity contribution in [3.63, 3.8) is 0 Å². The van der Waals surface area contributed by atoms with Gasteiger partial charge in [0.15, 0.2) is 0 Å². The number of hydrogen-bond acceptors (Lipinski definition) is 3. The van der Waals surface area contributed by atoms with Gasteiger partial charge in [0, 0.05) is 42.8 Å². The van der Waals surface area contributed by atoms with E-state index in [2.05, 4.69) is 15.5 Å². The lowest BCUT2D eigenvalue weighted by atomic mass is 10.1. The first-order chi connectivity index (χ1) is 10.2. The van der Waals surface area contributed by atoms with Crippen molar-refractivity contribution in [2.75, 3.05) is 39.3 Å². The molecule has 1 aromatic rings. The average Bonchev–Trinajstić information content (AvgIpc) is 2.49. The molecule has 21 heavy (non-hydrogen) atoms. The summed E-state index contributed by atoms with van der Waals surface area (Å²) in [6, 6.07) is 5.28. The summed E-state index contributed by atoms with van der Waals surface area (Å²) in [5, 5.41) is 7.33. The Bertz CT molecular complexity index is 456. The minimum Gasteiger partial charge on any atom is -0.356 e. The van der Waals surface area contributed by atoms with Crippen LogP contribution >= 0.6 is 23.2 Å². The summed E-state index contributed by atoms with van der Waals surface area (Å²) < 4.78 is 0. The first-order valence-corrected chi connectivity index (χ1v) is 8.05. The molecule has 2 rings (SSSR count). The predicted octanol–water partition coefficient (Wildman–Crippen LogP) is 1.95. The molecule has 1 saturated heterocycles. The van der Waals surface area contributed by atoms with Gasteiger partial charge in [0.2, 0.25) is 5.91 Å². The molecule has 0 bridgehead atoms. The zero-order valence-electron chi connectivity index (χ0n) is 12.0. The molecular formula is C15H21Cl2N3O. The first kappa shape index (κ1) is 16.6. The largest absolute Gasteiger partial charge is 0.356 e. The number of carbonyl (C=O) groups is 1. The zero-order valence-corrected chi connectivity index (χ0v) is 13.5. The van der Waals surface area contributed by atoms with E-state index in [1.165, 1.54) is 0 Å². The quantitative estimate of drug-likeness (QED) is 0.784. The second kappa shape index (κ2) is 8.59. The molecule has 0 unspecified atom stereocenters. The Morgan fingerprint density at radius 2 is 1.90 bits per heavy atom. The summed E-state index contributed by atoms with van der Waals surface area (Å²) in [5.74, 6) is -0.0367. The summed E-state index contributed by atoms with van der Waals surface area (Å²) >= 11 is 12.1. The first-order valence-electron chi connectivity index (χ1n) is 7.29. The molecule has 4 nitrogen and oxygen atoms in total. The van der Waals surface area contributed by atoms with Crippen molar-refractivity contribution in [3.05, 3.63) is 33.8 Å². The van der Waals surface area contributed by atoms with Crippen molar-refractivity contribution < 1.29 is 4.79 Å². The van der Waals surface area contributed by atoms with E-state index in [9.17, 15) is 4.79 Å². The number of rotatable bonds is 6. The highest BCUT2D eigenvalue weighted by Crippen LogP contribution is 2.24. The number of carbonyl (C=O) groups excluding carboxylic acids is 1. The molecule has 1 aromatic carbocycles. The maximum absolute atomic E-state index is 11.9. The van der Waals surface area contributed by atoms with E-state index in [1.54, 1.807) is 18.2 Å². The van der Waals surface area contributed by atoms with Gasteiger partial charge in [-0.05, 0) is 30.7 Å². The van der Waals surface area contributed by atoms with E-state index in [0.29, 0.717) is 22.2 Å². The van der Waals surface area contributed by atoms with Gasteiger partial charge in [0.25, 0.3) is 0 Å². The second-order valence-corrected chi connectivity index (χ2v) is 5.99. The highest BCUT2D eigenvalue weighted by molar-refractivity contribution is 6.36. The van der Waals surface area contributed by atoms with Crippen molar-refractivity contribution in [2.24, 2.45) is 0 Å². The van der Waals surface area contributed by atoms with Gasteiger partial charge in [0.1, 0.15) is 0 Å². The van der Waals surface area contributed by atoms with Crippen molar-refractivity contribution in [3.8, 4) is 0 Å². The highest BCUT2D eigenvalue weighted by atomic mass is 35.5. The Morgan fingerprint density at radius 3 is 2.57 bits per heavy atom. The molecule has 1 heterocycles. The van der Waals surface area contributed by atoms with Crippen LogP contribution < -0.4 is 10.6 Å². The maximum Gasteiger partial charge on any atom is 0.224 e. The second-order valence-electron chi connectivity index (χ2n) is 5.17. The van der Waals surface area contributed by atoms with Gasteiger partial charge < -0.3 is 15.5 Å².